The van der Waals surface area contributed by atoms with E-state index in [9.17, 15) is 19.7 Å². The number of hydrogen-bond donors (Lipinski definition) is 2. The molecular formula is C18H14ClN3O5. The molecule has 0 atom stereocenters. The lowest BCUT2D eigenvalue weighted by Crippen LogP contribution is -2.13. The molecule has 2 N–H and O–H groups in total. The molecule has 0 spiro atoms. The smallest absolute Gasteiger partial charge is 0.288 e. The first-order chi connectivity index (χ1) is 12.9. The quantitative estimate of drug-likeness (QED) is 0.513. The van der Waals surface area contributed by atoms with Crippen LogP contribution in [0.25, 0.3) is 10.9 Å². The summed E-state index contributed by atoms with van der Waals surface area (Å²) >= 11 is 5.76. The highest BCUT2D eigenvalue weighted by atomic mass is 35.5. The highest BCUT2D eigenvalue weighted by molar-refractivity contribution is 6.32. The van der Waals surface area contributed by atoms with E-state index in [2.05, 4.69) is 10.3 Å². The number of nitro groups is 1. The molecule has 0 aliphatic rings. The zero-order chi connectivity index (χ0) is 19.6. The van der Waals surface area contributed by atoms with Crippen LogP contribution >= 0.6 is 11.6 Å². The van der Waals surface area contributed by atoms with Crippen molar-refractivity contribution >= 4 is 39.8 Å². The number of benzene rings is 2. The van der Waals surface area contributed by atoms with E-state index in [0.29, 0.717) is 11.2 Å². The van der Waals surface area contributed by atoms with Gasteiger partial charge in [0.2, 0.25) is 5.56 Å². The van der Waals surface area contributed by atoms with Gasteiger partial charge < -0.3 is 15.0 Å². The first-order valence-corrected chi connectivity index (χ1v) is 8.17. The molecule has 0 saturated heterocycles. The van der Waals surface area contributed by atoms with Gasteiger partial charge in [0.15, 0.2) is 0 Å². The Balaban J connectivity index is 1.92. The second kappa shape index (κ2) is 7.56. The molecule has 0 saturated carbocycles. The number of amides is 1. The zero-order valence-electron chi connectivity index (χ0n) is 14.1. The molecule has 0 bridgehead atoms. The molecule has 0 fully saturated rings. The lowest BCUT2D eigenvalue weighted by molar-refractivity contribution is -0.384. The van der Waals surface area contributed by atoms with Gasteiger partial charge in [0.1, 0.15) is 5.02 Å². The van der Waals surface area contributed by atoms with E-state index in [0.717, 1.165) is 17.0 Å². The lowest BCUT2D eigenvalue weighted by Gasteiger charge is -2.09. The number of rotatable bonds is 5. The van der Waals surface area contributed by atoms with Crippen molar-refractivity contribution in [1.82, 2.24) is 4.98 Å². The molecule has 9 heteroatoms. The van der Waals surface area contributed by atoms with E-state index in [1.165, 1.54) is 25.3 Å². The standard InChI is InChI=1S/C18H14ClN3O5/c1-27-9-11-7-17(23)21-15-8-12(3-4-13(11)15)20-18(24)10-2-5-14(19)16(6-10)22(25)26/h2-8H,9H2,1H3,(H,20,24)(H,21,23). The number of anilines is 1. The fourth-order valence-electron chi connectivity index (χ4n) is 2.68. The molecule has 3 aromatic rings. The molecule has 2 aromatic carbocycles. The highest BCUT2D eigenvalue weighted by Crippen LogP contribution is 2.26. The number of nitrogens with zero attached hydrogens (tertiary/aromatic N) is 1. The van der Waals surface area contributed by atoms with Crippen LogP contribution < -0.4 is 10.9 Å². The summed E-state index contributed by atoms with van der Waals surface area (Å²) in [6, 6.07) is 10.3. The average Bonchev–Trinajstić information content (AvgIpc) is 2.61. The van der Waals surface area contributed by atoms with Crippen molar-refractivity contribution in [3.8, 4) is 0 Å². The number of aromatic amines is 1. The van der Waals surface area contributed by atoms with Crippen LogP contribution in [0.4, 0.5) is 11.4 Å². The molecule has 3 rings (SSSR count). The maximum Gasteiger partial charge on any atom is 0.288 e. The number of methoxy groups -OCH3 is 1. The summed E-state index contributed by atoms with van der Waals surface area (Å²) in [5.41, 5.74) is 1.14. The molecule has 138 valence electrons. The van der Waals surface area contributed by atoms with Crippen LogP contribution in [-0.2, 0) is 11.3 Å². The molecule has 1 amide bonds. The number of H-pyrrole nitrogens is 1. The molecule has 0 radical (unpaired) electrons. The minimum Gasteiger partial charge on any atom is -0.380 e. The monoisotopic (exact) mass is 387 g/mol. The number of pyridine rings is 1. The Morgan fingerprint density at radius 1 is 1.26 bits per heavy atom. The number of nitro benzene ring substituents is 1. The molecule has 1 aromatic heterocycles. The Morgan fingerprint density at radius 2 is 2.04 bits per heavy atom. The van der Waals surface area contributed by atoms with Crippen LogP contribution in [0.3, 0.4) is 0 Å². The van der Waals surface area contributed by atoms with Gasteiger partial charge in [-0.15, -0.1) is 0 Å². The summed E-state index contributed by atoms with van der Waals surface area (Å²) in [6.07, 6.45) is 0. The van der Waals surface area contributed by atoms with E-state index in [1.807, 2.05) is 0 Å². The minimum absolute atomic E-state index is 0.0505. The van der Waals surface area contributed by atoms with Crippen molar-refractivity contribution in [2.24, 2.45) is 0 Å². The first kappa shape index (κ1) is 18.6. The first-order valence-electron chi connectivity index (χ1n) is 7.79. The van der Waals surface area contributed by atoms with Gasteiger partial charge in [-0.25, -0.2) is 0 Å². The number of carbonyl (C=O) groups is 1. The number of halogens is 1. The maximum absolute atomic E-state index is 12.4. The van der Waals surface area contributed by atoms with Crippen molar-refractivity contribution in [2.45, 2.75) is 6.61 Å². The molecule has 0 aliphatic carbocycles. The second-order valence-corrected chi connectivity index (χ2v) is 6.14. The fraction of sp³-hybridized carbons (Fsp3) is 0.111. The fourth-order valence-corrected chi connectivity index (χ4v) is 2.87. The van der Waals surface area contributed by atoms with Gasteiger partial charge in [-0.2, -0.15) is 0 Å². The Morgan fingerprint density at radius 3 is 2.74 bits per heavy atom. The van der Waals surface area contributed by atoms with Crippen molar-refractivity contribution in [3.63, 3.8) is 0 Å². The van der Waals surface area contributed by atoms with Gasteiger partial charge in [0, 0.05) is 35.9 Å². The van der Waals surface area contributed by atoms with Gasteiger partial charge in [0.25, 0.3) is 11.6 Å². The maximum atomic E-state index is 12.4. The predicted octanol–water partition coefficient (Wildman–Crippen LogP) is 3.49. The van der Waals surface area contributed by atoms with E-state index >= 15 is 0 Å². The van der Waals surface area contributed by atoms with E-state index < -0.39 is 10.8 Å². The van der Waals surface area contributed by atoms with Crippen LogP contribution in [0.15, 0.2) is 47.3 Å². The lowest BCUT2D eigenvalue weighted by atomic mass is 10.1. The Kier molecular flexibility index (Phi) is 5.20. The van der Waals surface area contributed by atoms with Gasteiger partial charge >= 0.3 is 0 Å². The van der Waals surface area contributed by atoms with Gasteiger partial charge in [0.05, 0.1) is 17.0 Å². The number of nitrogens with one attached hydrogen (secondary N) is 2. The van der Waals surface area contributed by atoms with Crippen LogP contribution in [0.2, 0.25) is 5.02 Å². The number of carbonyl (C=O) groups excluding carboxylic acids is 1. The molecule has 27 heavy (non-hydrogen) atoms. The van der Waals surface area contributed by atoms with Gasteiger partial charge in [-0.05, 0) is 29.8 Å². The molecule has 8 nitrogen and oxygen atoms in total. The Hall–Kier alpha value is -3.23. The molecule has 1 heterocycles. The highest BCUT2D eigenvalue weighted by Gasteiger charge is 2.16. The zero-order valence-corrected chi connectivity index (χ0v) is 14.9. The van der Waals surface area contributed by atoms with Crippen molar-refractivity contribution in [3.05, 3.63) is 79.1 Å². The van der Waals surface area contributed by atoms with Crippen molar-refractivity contribution in [2.75, 3.05) is 12.4 Å². The topological polar surface area (TPSA) is 114 Å². The average molecular weight is 388 g/mol. The van der Waals surface area contributed by atoms with E-state index in [-0.39, 0.29) is 28.4 Å². The predicted molar refractivity (Wildman–Crippen MR) is 101 cm³/mol. The number of aromatic nitrogens is 1. The Bertz CT molecular complexity index is 1110. The van der Waals surface area contributed by atoms with E-state index in [1.54, 1.807) is 18.2 Å². The summed E-state index contributed by atoms with van der Waals surface area (Å²) in [4.78, 5) is 37.2. The van der Waals surface area contributed by atoms with Crippen molar-refractivity contribution in [1.29, 1.82) is 0 Å². The number of fused-ring (bicyclic) bond motifs is 1. The summed E-state index contributed by atoms with van der Waals surface area (Å²) in [5.74, 6) is -0.537. The number of ether oxygens (including phenoxy) is 1. The number of hydrogen-bond acceptors (Lipinski definition) is 5. The minimum atomic E-state index is -0.656. The summed E-state index contributed by atoms with van der Waals surface area (Å²) in [5, 5.41) is 14.4. The SMILES string of the molecule is COCc1cc(=O)[nH]c2cc(NC(=O)c3ccc(Cl)c([N+](=O)[O-])c3)ccc12. The third-order valence-electron chi connectivity index (χ3n) is 3.89. The van der Waals surface area contributed by atoms with Crippen LogP contribution in [-0.4, -0.2) is 22.9 Å². The molecular weight excluding hydrogens is 374 g/mol. The summed E-state index contributed by atoms with van der Waals surface area (Å²) < 4.78 is 5.10. The summed E-state index contributed by atoms with van der Waals surface area (Å²) in [7, 11) is 1.53. The van der Waals surface area contributed by atoms with Crippen LogP contribution in [0, 0.1) is 10.1 Å². The molecule has 0 aliphatic heterocycles. The largest absolute Gasteiger partial charge is 0.380 e. The third-order valence-corrected chi connectivity index (χ3v) is 4.21. The van der Waals surface area contributed by atoms with Gasteiger partial charge in [-0.1, -0.05) is 17.7 Å². The Labute approximate surface area is 157 Å². The van der Waals surface area contributed by atoms with Crippen molar-refractivity contribution < 1.29 is 14.5 Å². The third kappa shape index (κ3) is 3.97. The molecule has 0 unspecified atom stereocenters. The normalized spacial score (nSPS) is 10.7. The van der Waals surface area contributed by atoms with Crippen LogP contribution in [0.5, 0.6) is 0 Å². The van der Waals surface area contributed by atoms with Crippen LogP contribution in [0.1, 0.15) is 15.9 Å². The van der Waals surface area contributed by atoms with Gasteiger partial charge in [-0.3, -0.25) is 19.7 Å². The summed E-state index contributed by atoms with van der Waals surface area (Å²) in [6.45, 7) is 0.278. The van der Waals surface area contributed by atoms with E-state index in [4.69, 9.17) is 16.3 Å². The second-order valence-electron chi connectivity index (χ2n) is 5.73.